The molecule has 0 aromatic heterocycles. The summed E-state index contributed by atoms with van der Waals surface area (Å²) in [5.74, 6) is 0.893. The van der Waals surface area contributed by atoms with Gasteiger partial charge >= 0.3 is 0 Å². The molecule has 0 N–H and O–H groups in total. The van der Waals surface area contributed by atoms with Crippen LogP contribution in [0, 0.1) is 6.92 Å². The Bertz CT molecular complexity index is 651. The molecule has 0 unspecified atom stereocenters. The van der Waals surface area contributed by atoms with E-state index < -0.39 is 0 Å². The molecule has 1 nitrogen and oxygen atoms in total. The second-order valence-electron chi connectivity index (χ2n) is 4.76. The van der Waals surface area contributed by atoms with Crippen LogP contribution in [0.25, 0.3) is 22.3 Å². The average molecular weight is 339 g/mol. The second-order valence-corrected chi connectivity index (χ2v) is 4.76. The second kappa shape index (κ2) is 7.91. The largest absolute Gasteiger partial charge is 0.492 e. The smallest absolute Gasteiger partial charge is 0.134 e. The van der Waals surface area contributed by atoms with E-state index in [2.05, 4.69) is 49.4 Å². The van der Waals surface area contributed by atoms with Crippen LogP contribution < -0.4 is 4.74 Å². The molecule has 2 heteroatoms. The van der Waals surface area contributed by atoms with Crippen molar-refractivity contribution in [1.29, 1.82) is 0 Å². The number of hydrogen-bond acceptors (Lipinski definition) is 1. The molecule has 0 saturated heterocycles. The van der Waals surface area contributed by atoms with Gasteiger partial charge in [-0.05, 0) is 18.1 Å². The summed E-state index contributed by atoms with van der Waals surface area (Å²) in [7, 11) is 0. The molecule has 0 spiro atoms. The summed E-state index contributed by atoms with van der Waals surface area (Å²) in [5, 5.41) is 0. The van der Waals surface area contributed by atoms with Gasteiger partial charge in [0.2, 0.25) is 0 Å². The first-order valence-electron chi connectivity index (χ1n) is 7.06. The first-order chi connectivity index (χ1) is 10.4. The van der Waals surface area contributed by atoms with E-state index >= 15 is 0 Å². The fourth-order valence-electron chi connectivity index (χ4n) is 2.48. The third-order valence-electron chi connectivity index (χ3n) is 3.43. The third-order valence-corrected chi connectivity index (χ3v) is 3.43. The Morgan fingerprint density at radius 2 is 1.09 bits per heavy atom. The summed E-state index contributed by atoms with van der Waals surface area (Å²) in [6.45, 7) is 4.23. The third kappa shape index (κ3) is 3.45. The molecule has 1 radical (unpaired) electrons. The number of hydrogen-bond donors (Lipinski definition) is 0. The van der Waals surface area contributed by atoms with E-state index in [4.69, 9.17) is 4.74 Å². The molecule has 3 aromatic carbocycles. The van der Waals surface area contributed by atoms with E-state index in [0.29, 0.717) is 6.61 Å². The Kier molecular flexibility index (Phi) is 5.92. The summed E-state index contributed by atoms with van der Waals surface area (Å²) >= 11 is 0. The van der Waals surface area contributed by atoms with Gasteiger partial charge in [0, 0.05) is 30.6 Å². The van der Waals surface area contributed by atoms with Crippen molar-refractivity contribution >= 4 is 0 Å². The number of para-hydroxylation sites is 1. The van der Waals surface area contributed by atoms with Crippen LogP contribution in [0.1, 0.15) is 0 Å². The molecule has 0 aliphatic rings. The summed E-state index contributed by atoms with van der Waals surface area (Å²) < 4.78 is 5.87. The van der Waals surface area contributed by atoms with Gasteiger partial charge in [-0.15, -0.1) is 0 Å². The van der Waals surface area contributed by atoms with Gasteiger partial charge in [0.1, 0.15) is 5.75 Å². The van der Waals surface area contributed by atoms with E-state index in [1.54, 1.807) is 0 Å². The maximum atomic E-state index is 5.87. The van der Waals surface area contributed by atoms with Crippen molar-refractivity contribution in [3.63, 3.8) is 0 Å². The van der Waals surface area contributed by atoms with Crippen molar-refractivity contribution in [2.24, 2.45) is 0 Å². The molecule has 0 aliphatic carbocycles. The van der Waals surface area contributed by atoms with Crippen molar-refractivity contribution in [3.8, 4) is 28.0 Å². The SMILES string of the molecule is [CH2]COc1c(-c2ccccc2)cccc1-c1ccccc1.[Zn]. The van der Waals surface area contributed by atoms with Crippen molar-refractivity contribution in [3.05, 3.63) is 85.8 Å². The van der Waals surface area contributed by atoms with Crippen molar-refractivity contribution < 1.29 is 24.2 Å². The van der Waals surface area contributed by atoms with Gasteiger partial charge in [0.15, 0.2) is 0 Å². The first kappa shape index (κ1) is 16.5. The fraction of sp³-hybridized carbons (Fsp3) is 0.0500. The van der Waals surface area contributed by atoms with Gasteiger partial charge in [-0.3, -0.25) is 0 Å². The minimum atomic E-state index is 0. The van der Waals surface area contributed by atoms with Crippen LogP contribution in [0.2, 0.25) is 0 Å². The van der Waals surface area contributed by atoms with Crippen LogP contribution in [0.3, 0.4) is 0 Å². The van der Waals surface area contributed by atoms with Crippen molar-refractivity contribution in [2.75, 3.05) is 6.61 Å². The Morgan fingerprint density at radius 3 is 1.50 bits per heavy atom. The van der Waals surface area contributed by atoms with Gasteiger partial charge in [0.05, 0.1) is 6.61 Å². The topological polar surface area (TPSA) is 9.23 Å². The Hall–Kier alpha value is -1.92. The zero-order chi connectivity index (χ0) is 14.5. The molecular weight excluding hydrogens is 322 g/mol. The molecule has 3 aromatic rings. The maximum absolute atomic E-state index is 5.87. The van der Waals surface area contributed by atoms with E-state index in [9.17, 15) is 0 Å². The zero-order valence-corrected chi connectivity index (χ0v) is 15.5. The van der Waals surface area contributed by atoms with Gasteiger partial charge in [-0.2, -0.15) is 0 Å². The first-order valence-corrected chi connectivity index (χ1v) is 7.06. The van der Waals surface area contributed by atoms with Crippen LogP contribution in [0.15, 0.2) is 78.9 Å². The molecule has 0 fully saturated rings. The monoisotopic (exact) mass is 337 g/mol. The molecule has 0 atom stereocenters. The maximum Gasteiger partial charge on any atom is 0.134 e. The summed E-state index contributed by atoms with van der Waals surface area (Å²) in [5.41, 5.74) is 4.50. The molecule has 0 amide bonds. The van der Waals surface area contributed by atoms with Crippen molar-refractivity contribution in [2.45, 2.75) is 0 Å². The quantitative estimate of drug-likeness (QED) is 0.592. The molecule has 3 rings (SSSR count). The molecular formula is C20H17OZn. The minimum absolute atomic E-state index is 0. The van der Waals surface area contributed by atoms with E-state index in [0.717, 1.165) is 28.0 Å². The van der Waals surface area contributed by atoms with Crippen LogP contribution in [0.4, 0.5) is 0 Å². The average Bonchev–Trinajstić information content (AvgIpc) is 2.57. The van der Waals surface area contributed by atoms with Gasteiger partial charge in [-0.1, -0.05) is 78.9 Å². The van der Waals surface area contributed by atoms with E-state index in [1.807, 2.05) is 36.4 Å². The molecule has 105 valence electrons. The fourth-order valence-corrected chi connectivity index (χ4v) is 2.48. The zero-order valence-electron chi connectivity index (χ0n) is 12.5. The number of benzene rings is 3. The van der Waals surface area contributed by atoms with Crippen LogP contribution in [0.5, 0.6) is 5.75 Å². The molecule has 22 heavy (non-hydrogen) atoms. The molecule has 0 bridgehead atoms. The minimum Gasteiger partial charge on any atom is -0.492 e. The standard InChI is InChI=1S/C20H17O.Zn/c1-2-21-20-18(16-10-5-3-6-11-16)14-9-15-19(20)17-12-7-4-8-13-17;/h3-15H,1-2H2;. The number of rotatable bonds is 4. The van der Waals surface area contributed by atoms with Crippen molar-refractivity contribution in [1.82, 2.24) is 0 Å². The molecule has 0 heterocycles. The van der Waals surface area contributed by atoms with Crippen LogP contribution in [-0.2, 0) is 19.5 Å². The van der Waals surface area contributed by atoms with Crippen LogP contribution in [-0.4, -0.2) is 6.61 Å². The van der Waals surface area contributed by atoms with E-state index in [-0.39, 0.29) is 19.5 Å². The predicted octanol–water partition coefficient (Wildman–Crippen LogP) is 5.23. The van der Waals surface area contributed by atoms with Crippen LogP contribution >= 0.6 is 0 Å². The van der Waals surface area contributed by atoms with Gasteiger partial charge < -0.3 is 4.74 Å². The normalized spacial score (nSPS) is 9.86. The Labute approximate surface area is 144 Å². The Morgan fingerprint density at radius 1 is 0.636 bits per heavy atom. The Balaban J connectivity index is 0.00000176. The van der Waals surface area contributed by atoms with E-state index in [1.165, 1.54) is 0 Å². The summed E-state index contributed by atoms with van der Waals surface area (Å²) in [6, 6.07) is 26.8. The molecule has 0 saturated carbocycles. The number of ether oxygens (including phenoxy) is 1. The molecule has 0 aliphatic heterocycles. The van der Waals surface area contributed by atoms with Gasteiger partial charge in [0.25, 0.3) is 0 Å². The van der Waals surface area contributed by atoms with Gasteiger partial charge in [-0.25, -0.2) is 0 Å². The predicted molar refractivity (Wildman–Crippen MR) is 88.2 cm³/mol. The summed E-state index contributed by atoms with van der Waals surface area (Å²) in [4.78, 5) is 0. The summed E-state index contributed by atoms with van der Waals surface area (Å²) in [6.07, 6.45) is 0.